The van der Waals surface area contributed by atoms with E-state index in [9.17, 15) is 0 Å². The van der Waals surface area contributed by atoms with E-state index >= 15 is 0 Å². The van der Waals surface area contributed by atoms with Crippen LogP contribution in [0.1, 0.15) is 50.5 Å². The van der Waals surface area contributed by atoms with E-state index in [-0.39, 0.29) is 0 Å². The Kier molecular flexibility index (Phi) is 2.94. The van der Waals surface area contributed by atoms with Crippen LogP contribution in [0.25, 0.3) is 10.9 Å². The summed E-state index contributed by atoms with van der Waals surface area (Å²) in [5.41, 5.74) is 3.36. The average molecular weight is 265 g/mol. The van der Waals surface area contributed by atoms with Gasteiger partial charge in [-0.1, -0.05) is 62.5 Å². The Morgan fingerprint density at radius 1 is 0.900 bits per heavy atom. The summed E-state index contributed by atoms with van der Waals surface area (Å²) in [5, 5.41) is 1.41. The number of nitrogens with zero attached hydrogens (tertiary/aromatic N) is 1. The second-order valence-electron chi connectivity index (χ2n) is 6.54. The largest absolute Gasteiger partial charge is 0.343 e. The molecule has 1 aromatic heterocycles. The van der Waals surface area contributed by atoms with Gasteiger partial charge in [0, 0.05) is 18.2 Å². The summed E-state index contributed by atoms with van der Waals surface area (Å²) in [4.78, 5) is 0. The number of para-hydroxylation sites is 1. The molecule has 20 heavy (non-hydrogen) atoms. The fraction of sp³-hybridized carbons (Fsp3) is 0.474. The second kappa shape index (κ2) is 4.80. The summed E-state index contributed by atoms with van der Waals surface area (Å²) in [5.74, 6) is 0. The van der Waals surface area contributed by atoms with Crippen molar-refractivity contribution in [2.75, 3.05) is 0 Å². The minimum Gasteiger partial charge on any atom is -0.343 e. The van der Waals surface area contributed by atoms with Crippen molar-refractivity contribution in [1.29, 1.82) is 0 Å². The van der Waals surface area contributed by atoms with Crippen LogP contribution in [0, 0.1) is 0 Å². The van der Waals surface area contributed by atoms with Gasteiger partial charge in [-0.25, -0.2) is 0 Å². The third-order valence-electron chi connectivity index (χ3n) is 5.31. The SMILES string of the molecule is C1=CC2(CCCCCCC2)c2cccc3ccn(c23)C1. The molecule has 1 fully saturated rings. The lowest BCUT2D eigenvalue weighted by Crippen LogP contribution is -2.25. The summed E-state index contributed by atoms with van der Waals surface area (Å²) in [7, 11) is 0. The summed E-state index contributed by atoms with van der Waals surface area (Å²) in [6.45, 7) is 1.03. The molecule has 0 amide bonds. The van der Waals surface area contributed by atoms with E-state index in [1.54, 1.807) is 5.56 Å². The van der Waals surface area contributed by atoms with E-state index in [0.29, 0.717) is 5.41 Å². The van der Waals surface area contributed by atoms with E-state index in [2.05, 4.69) is 47.2 Å². The number of hydrogen-bond acceptors (Lipinski definition) is 0. The van der Waals surface area contributed by atoms with Gasteiger partial charge in [0.1, 0.15) is 0 Å². The van der Waals surface area contributed by atoms with Gasteiger partial charge in [0.2, 0.25) is 0 Å². The molecule has 0 bridgehead atoms. The lowest BCUT2D eigenvalue weighted by atomic mass is 9.71. The van der Waals surface area contributed by atoms with Crippen LogP contribution >= 0.6 is 0 Å². The van der Waals surface area contributed by atoms with Crippen LogP contribution in [0.2, 0.25) is 0 Å². The highest BCUT2D eigenvalue weighted by atomic mass is 15.0. The van der Waals surface area contributed by atoms with Crippen LogP contribution in [0.4, 0.5) is 0 Å². The van der Waals surface area contributed by atoms with Crippen molar-refractivity contribution < 1.29 is 0 Å². The predicted octanol–water partition coefficient (Wildman–Crippen LogP) is 5.19. The highest BCUT2D eigenvalue weighted by Gasteiger charge is 2.32. The minimum absolute atomic E-state index is 0.298. The Bertz CT molecular complexity index is 639. The van der Waals surface area contributed by atoms with Crippen molar-refractivity contribution in [1.82, 2.24) is 4.57 Å². The number of allylic oxidation sites excluding steroid dienone is 2. The molecule has 4 rings (SSSR count). The van der Waals surface area contributed by atoms with Crippen molar-refractivity contribution in [3.63, 3.8) is 0 Å². The number of rotatable bonds is 0. The van der Waals surface area contributed by atoms with Crippen LogP contribution in [-0.2, 0) is 12.0 Å². The quantitative estimate of drug-likeness (QED) is 0.577. The molecule has 1 aromatic carbocycles. The van der Waals surface area contributed by atoms with E-state index in [1.165, 1.54) is 55.8 Å². The summed E-state index contributed by atoms with van der Waals surface area (Å²) in [6, 6.07) is 9.17. The lowest BCUT2D eigenvalue weighted by Gasteiger charge is -2.33. The number of aromatic nitrogens is 1. The van der Waals surface area contributed by atoms with Gasteiger partial charge < -0.3 is 4.57 Å². The van der Waals surface area contributed by atoms with Crippen LogP contribution in [0.15, 0.2) is 42.6 Å². The van der Waals surface area contributed by atoms with Crippen LogP contribution < -0.4 is 0 Å². The van der Waals surface area contributed by atoms with E-state index < -0.39 is 0 Å². The fourth-order valence-electron chi connectivity index (χ4n) is 4.27. The molecule has 2 aliphatic rings. The summed E-state index contributed by atoms with van der Waals surface area (Å²) < 4.78 is 2.43. The summed E-state index contributed by atoms with van der Waals surface area (Å²) in [6.07, 6.45) is 16.9. The van der Waals surface area contributed by atoms with Gasteiger partial charge >= 0.3 is 0 Å². The molecule has 0 saturated heterocycles. The second-order valence-corrected chi connectivity index (χ2v) is 6.54. The molecule has 1 heteroatoms. The van der Waals surface area contributed by atoms with Crippen LogP contribution in [0.3, 0.4) is 0 Å². The minimum atomic E-state index is 0.298. The predicted molar refractivity (Wildman–Crippen MR) is 85.1 cm³/mol. The van der Waals surface area contributed by atoms with Crippen molar-refractivity contribution in [2.45, 2.75) is 56.9 Å². The van der Waals surface area contributed by atoms with Gasteiger partial charge in [0.05, 0.1) is 5.52 Å². The molecular weight excluding hydrogens is 242 g/mol. The molecule has 104 valence electrons. The maximum Gasteiger partial charge on any atom is 0.0524 e. The molecule has 1 nitrogen and oxygen atoms in total. The third kappa shape index (κ3) is 1.83. The van der Waals surface area contributed by atoms with Crippen molar-refractivity contribution >= 4 is 10.9 Å². The maximum absolute atomic E-state index is 2.54. The van der Waals surface area contributed by atoms with Gasteiger partial charge in [0.25, 0.3) is 0 Å². The number of fused-ring (bicyclic) bond motifs is 1. The first-order chi connectivity index (χ1) is 9.89. The molecule has 1 aliphatic heterocycles. The van der Waals surface area contributed by atoms with Crippen molar-refractivity contribution in [3.05, 3.63) is 48.2 Å². The van der Waals surface area contributed by atoms with Crippen molar-refractivity contribution in [2.24, 2.45) is 0 Å². The Hall–Kier alpha value is -1.50. The first kappa shape index (κ1) is 12.3. The highest BCUT2D eigenvalue weighted by molar-refractivity contribution is 5.85. The molecule has 1 aliphatic carbocycles. The average Bonchev–Trinajstić information content (AvgIpc) is 2.77. The van der Waals surface area contributed by atoms with E-state index in [0.717, 1.165) is 6.54 Å². The third-order valence-corrected chi connectivity index (χ3v) is 5.31. The fourth-order valence-corrected chi connectivity index (χ4v) is 4.27. The lowest BCUT2D eigenvalue weighted by molar-refractivity contribution is 0.379. The Labute approximate surface area is 121 Å². The molecule has 1 saturated carbocycles. The zero-order valence-electron chi connectivity index (χ0n) is 12.1. The first-order valence-electron chi connectivity index (χ1n) is 8.15. The molecule has 2 heterocycles. The number of hydrogen-bond donors (Lipinski definition) is 0. The smallest absolute Gasteiger partial charge is 0.0524 e. The Morgan fingerprint density at radius 2 is 1.70 bits per heavy atom. The van der Waals surface area contributed by atoms with E-state index in [1.807, 2.05) is 0 Å². The monoisotopic (exact) mass is 265 g/mol. The van der Waals surface area contributed by atoms with Gasteiger partial charge in [-0.15, -0.1) is 0 Å². The molecule has 0 unspecified atom stereocenters. The molecule has 1 spiro atoms. The van der Waals surface area contributed by atoms with Gasteiger partial charge in [0.15, 0.2) is 0 Å². The Morgan fingerprint density at radius 3 is 2.55 bits per heavy atom. The maximum atomic E-state index is 2.54. The topological polar surface area (TPSA) is 4.93 Å². The standard InChI is InChI=1S/C19H23N/c1-2-4-11-19(12-5-3-1)13-7-14-20-15-10-16-8-6-9-17(19)18(16)20/h6-10,13,15H,1-5,11-12,14H2. The van der Waals surface area contributed by atoms with Crippen LogP contribution in [0.5, 0.6) is 0 Å². The molecular formula is C19H23N. The van der Waals surface area contributed by atoms with Crippen molar-refractivity contribution in [3.8, 4) is 0 Å². The molecule has 2 aromatic rings. The molecule has 0 radical (unpaired) electrons. The first-order valence-corrected chi connectivity index (χ1v) is 8.15. The van der Waals surface area contributed by atoms with Crippen LogP contribution in [-0.4, -0.2) is 4.57 Å². The summed E-state index contributed by atoms with van der Waals surface area (Å²) >= 11 is 0. The normalized spacial score (nSPS) is 21.6. The molecule has 0 atom stereocenters. The Balaban J connectivity index is 1.91. The zero-order chi connectivity index (χ0) is 13.4. The molecule has 0 N–H and O–H groups in total. The van der Waals surface area contributed by atoms with Gasteiger partial charge in [-0.3, -0.25) is 0 Å². The highest BCUT2D eigenvalue weighted by Crippen LogP contribution is 2.43. The number of benzene rings is 1. The van der Waals surface area contributed by atoms with Gasteiger partial charge in [-0.05, 0) is 29.9 Å². The zero-order valence-corrected chi connectivity index (χ0v) is 12.1. The van der Waals surface area contributed by atoms with Gasteiger partial charge in [-0.2, -0.15) is 0 Å². The van der Waals surface area contributed by atoms with E-state index in [4.69, 9.17) is 0 Å².